The zero-order valence-electron chi connectivity index (χ0n) is 21.0. The number of nitrogens with two attached hydrogens (primary N) is 2. The minimum absolute atomic E-state index is 0.313. The molecule has 12 heteroatoms. The number of nitrogen functional groups attached to an aromatic ring is 1. The van der Waals surface area contributed by atoms with E-state index < -0.39 is 0 Å². The molecule has 5 N–H and O–H groups in total. The third kappa shape index (κ3) is 4.08. The molecule has 0 radical (unpaired) electrons. The Labute approximate surface area is 221 Å². The summed E-state index contributed by atoms with van der Waals surface area (Å²) in [5, 5.41) is 9.07. The van der Waals surface area contributed by atoms with Crippen molar-refractivity contribution in [3.8, 4) is 33.8 Å². The number of fused-ring (bicyclic) bond motifs is 2. The van der Waals surface area contributed by atoms with Crippen molar-refractivity contribution in [2.24, 2.45) is 5.84 Å². The van der Waals surface area contributed by atoms with Crippen LogP contribution >= 0.6 is 0 Å². The number of aromatic nitrogens is 6. The molecule has 2 amide bonds. The van der Waals surface area contributed by atoms with Crippen LogP contribution in [0.2, 0.25) is 0 Å². The van der Waals surface area contributed by atoms with Gasteiger partial charge < -0.3 is 10.7 Å². The number of nitrogens with zero attached hydrogens (tertiary/aromatic N) is 7. The SMILES string of the molecule is CN(C)C(=O)N(N)c1cncc(-c2cnc3n[nH]c(-c4nc5c(-c6ccc(F)cc6)cccc5n4N)c3c2)c1. The van der Waals surface area contributed by atoms with Crippen molar-refractivity contribution in [3.05, 3.63) is 79.0 Å². The quantitative estimate of drug-likeness (QED) is 0.181. The number of rotatable bonds is 4. The Morgan fingerprint density at radius 1 is 1.00 bits per heavy atom. The lowest BCUT2D eigenvalue weighted by Gasteiger charge is -2.21. The number of hydrazine groups is 1. The Kier molecular flexibility index (Phi) is 5.65. The van der Waals surface area contributed by atoms with Gasteiger partial charge >= 0.3 is 6.03 Å². The maximum absolute atomic E-state index is 13.5. The van der Waals surface area contributed by atoms with Gasteiger partial charge in [-0.25, -0.2) is 34.7 Å². The molecule has 0 aliphatic rings. The number of benzene rings is 2. The molecular weight excluding hydrogens is 499 g/mol. The smallest absolute Gasteiger partial charge is 0.337 e. The number of nitrogens with one attached hydrogen (secondary N) is 1. The highest BCUT2D eigenvalue weighted by atomic mass is 19.1. The monoisotopic (exact) mass is 522 g/mol. The lowest BCUT2D eigenvalue weighted by Crippen LogP contribution is -2.44. The molecule has 0 saturated carbocycles. The van der Waals surface area contributed by atoms with Gasteiger partial charge in [0.2, 0.25) is 0 Å². The third-order valence-electron chi connectivity index (χ3n) is 6.43. The van der Waals surface area contributed by atoms with Gasteiger partial charge in [-0.05, 0) is 35.9 Å². The lowest BCUT2D eigenvalue weighted by molar-refractivity contribution is 0.224. The van der Waals surface area contributed by atoms with Gasteiger partial charge in [0.1, 0.15) is 11.5 Å². The zero-order chi connectivity index (χ0) is 27.3. The van der Waals surface area contributed by atoms with Gasteiger partial charge in [0.15, 0.2) is 11.5 Å². The van der Waals surface area contributed by atoms with Crippen molar-refractivity contribution >= 4 is 33.8 Å². The number of H-pyrrole nitrogens is 1. The molecule has 6 aromatic rings. The highest BCUT2D eigenvalue weighted by Gasteiger charge is 2.20. The molecule has 39 heavy (non-hydrogen) atoms. The molecular formula is C27H23FN10O. The van der Waals surface area contributed by atoms with Crippen molar-refractivity contribution in [3.63, 3.8) is 0 Å². The van der Waals surface area contributed by atoms with Crippen LogP contribution in [0, 0.1) is 5.82 Å². The number of halogens is 1. The maximum atomic E-state index is 13.5. The predicted molar refractivity (Wildman–Crippen MR) is 147 cm³/mol. The normalized spacial score (nSPS) is 11.3. The van der Waals surface area contributed by atoms with Gasteiger partial charge in [-0.15, -0.1) is 0 Å². The van der Waals surface area contributed by atoms with Crippen LogP contribution in [0.4, 0.5) is 14.9 Å². The summed E-state index contributed by atoms with van der Waals surface area (Å²) in [6.07, 6.45) is 4.84. The van der Waals surface area contributed by atoms with Gasteiger partial charge in [0.05, 0.1) is 28.3 Å². The first-order valence-corrected chi connectivity index (χ1v) is 11.9. The van der Waals surface area contributed by atoms with Crippen LogP contribution in [0.5, 0.6) is 0 Å². The largest absolute Gasteiger partial charge is 0.338 e. The van der Waals surface area contributed by atoms with Gasteiger partial charge in [-0.2, -0.15) is 5.10 Å². The first-order valence-electron chi connectivity index (χ1n) is 11.9. The fraction of sp³-hybridized carbons (Fsp3) is 0.0741. The van der Waals surface area contributed by atoms with E-state index in [0.717, 1.165) is 21.7 Å². The third-order valence-corrected chi connectivity index (χ3v) is 6.43. The van der Waals surface area contributed by atoms with Crippen molar-refractivity contribution in [1.29, 1.82) is 0 Å². The summed E-state index contributed by atoms with van der Waals surface area (Å²) in [5.74, 6) is 12.7. The van der Waals surface area contributed by atoms with E-state index in [1.165, 1.54) is 27.9 Å². The van der Waals surface area contributed by atoms with Crippen LogP contribution in [0.25, 0.3) is 55.8 Å². The number of aromatic amines is 1. The van der Waals surface area contributed by atoms with E-state index in [1.807, 2.05) is 24.3 Å². The van der Waals surface area contributed by atoms with Crippen molar-refractivity contribution in [1.82, 2.24) is 34.7 Å². The molecule has 0 aliphatic heterocycles. The molecule has 0 bridgehead atoms. The number of hydrogen-bond acceptors (Lipinski definition) is 7. The van der Waals surface area contributed by atoms with Crippen molar-refractivity contribution in [2.75, 3.05) is 24.9 Å². The maximum Gasteiger partial charge on any atom is 0.338 e. The molecule has 0 aliphatic carbocycles. The number of carbonyl (C=O) groups is 1. The Morgan fingerprint density at radius 2 is 1.77 bits per heavy atom. The number of para-hydroxylation sites is 1. The number of carbonyl (C=O) groups excluding carboxylic acids is 1. The van der Waals surface area contributed by atoms with Gasteiger partial charge in [0, 0.05) is 43.2 Å². The number of urea groups is 1. The lowest BCUT2D eigenvalue weighted by atomic mass is 10.0. The summed E-state index contributed by atoms with van der Waals surface area (Å²) >= 11 is 0. The topological polar surface area (TPSA) is 148 Å². The van der Waals surface area contributed by atoms with Crippen molar-refractivity contribution < 1.29 is 9.18 Å². The zero-order valence-corrected chi connectivity index (χ0v) is 21.0. The Balaban J connectivity index is 1.45. The van der Waals surface area contributed by atoms with E-state index in [2.05, 4.69) is 20.2 Å². The molecule has 0 saturated heterocycles. The van der Waals surface area contributed by atoms with E-state index in [4.69, 9.17) is 16.7 Å². The van der Waals surface area contributed by atoms with Crippen LogP contribution in [0.3, 0.4) is 0 Å². The molecule has 194 valence electrons. The standard InChI is InChI=1S/C27H23FN10O/c1-36(2)27(39)37(29)19-10-16(12-31-14-19)17-11-21-24(34-35-25(21)32-13-17)26-33-23-20(4-3-5-22(23)38(26)30)15-6-8-18(28)9-7-15/h3-14H,29-30H2,1-2H3,(H,32,34,35). The molecule has 0 spiro atoms. The summed E-state index contributed by atoms with van der Waals surface area (Å²) in [7, 11) is 3.23. The second-order valence-electron chi connectivity index (χ2n) is 9.16. The number of pyridine rings is 2. The average Bonchev–Trinajstić information content (AvgIpc) is 3.52. The molecule has 11 nitrogen and oxygen atoms in total. The summed E-state index contributed by atoms with van der Waals surface area (Å²) in [4.78, 5) is 27.3. The van der Waals surface area contributed by atoms with Gasteiger partial charge in [-0.3, -0.25) is 10.1 Å². The number of hydrogen-bond donors (Lipinski definition) is 3. The summed E-state index contributed by atoms with van der Waals surface area (Å²) in [6.45, 7) is 0. The first kappa shape index (κ1) is 24.0. The van der Waals surface area contributed by atoms with Crippen LogP contribution in [-0.4, -0.2) is 54.9 Å². The Morgan fingerprint density at radius 3 is 2.54 bits per heavy atom. The number of imidazole rings is 1. The second-order valence-corrected chi connectivity index (χ2v) is 9.16. The molecule has 0 fully saturated rings. The van der Waals surface area contributed by atoms with Gasteiger partial charge in [-0.1, -0.05) is 24.3 Å². The molecule has 4 heterocycles. The Bertz CT molecular complexity index is 1860. The molecule has 0 unspecified atom stereocenters. The van der Waals surface area contributed by atoms with Crippen LogP contribution in [0.15, 0.2) is 73.2 Å². The molecule has 2 aromatic carbocycles. The Hall–Kier alpha value is -5.36. The van der Waals surface area contributed by atoms with E-state index in [1.54, 1.807) is 44.7 Å². The summed E-state index contributed by atoms with van der Waals surface area (Å²) in [5.41, 5.74) is 5.93. The van der Waals surface area contributed by atoms with Crippen molar-refractivity contribution in [2.45, 2.75) is 0 Å². The summed E-state index contributed by atoms with van der Waals surface area (Å²) < 4.78 is 15.0. The highest BCUT2D eigenvalue weighted by Crippen LogP contribution is 2.34. The molecule has 6 rings (SSSR count). The highest BCUT2D eigenvalue weighted by molar-refractivity contribution is 5.98. The van der Waals surface area contributed by atoms with E-state index in [0.29, 0.717) is 44.8 Å². The van der Waals surface area contributed by atoms with Crippen LogP contribution in [0.1, 0.15) is 0 Å². The average molecular weight is 523 g/mol. The fourth-order valence-electron chi connectivity index (χ4n) is 4.43. The van der Waals surface area contributed by atoms with Gasteiger partial charge in [0.25, 0.3) is 0 Å². The first-order chi connectivity index (χ1) is 18.8. The minimum Gasteiger partial charge on any atom is -0.337 e. The molecule has 0 atom stereocenters. The van der Waals surface area contributed by atoms with E-state index in [-0.39, 0.29) is 11.8 Å². The second kappa shape index (κ2) is 9.19. The fourth-order valence-corrected chi connectivity index (χ4v) is 4.43. The van der Waals surface area contributed by atoms with Crippen LogP contribution < -0.4 is 16.7 Å². The van der Waals surface area contributed by atoms with E-state index >= 15 is 0 Å². The molecule has 4 aromatic heterocycles. The van der Waals surface area contributed by atoms with Crippen LogP contribution in [-0.2, 0) is 0 Å². The number of amides is 2. The number of anilines is 1. The predicted octanol–water partition coefficient (Wildman–Crippen LogP) is 3.92. The summed E-state index contributed by atoms with van der Waals surface area (Å²) in [6, 6.07) is 15.2. The minimum atomic E-state index is -0.387. The van der Waals surface area contributed by atoms with E-state index in [9.17, 15) is 9.18 Å².